The zero-order valence-electron chi connectivity index (χ0n) is 23.9. The summed E-state index contributed by atoms with van der Waals surface area (Å²) in [6.07, 6.45) is 5.80. The van der Waals surface area contributed by atoms with Crippen molar-refractivity contribution in [2.24, 2.45) is 0 Å². The second-order valence-electron chi connectivity index (χ2n) is 10.6. The van der Waals surface area contributed by atoms with Crippen molar-refractivity contribution in [1.29, 1.82) is 0 Å². The molecule has 0 unspecified atom stereocenters. The highest BCUT2D eigenvalue weighted by Crippen LogP contribution is 2.30. The number of ether oxygens (including phenoxy) is 1. The molecule has 2 aromatic carbocycles. The van der Waals surface area contributed by atoms with Gasteiger partial charge in [-0.15, -0.1) is 0 Å². The highest BCUT2D eigenvalue weighted by atomic mass is 32.2. The Bertz CT molecular complexity index is 1840. The Hall–Kier alpha value is -4.49. The minimum absolute atomic E-state index is 0.185. The number of nitrogens with zero attached hydrogens (tertiary/aromatic N) is 6. The first kappa shape index (κ1) is 28.6. The van der Waals surface area contributed by atoms with E-state index in [-0.39, 0.29) is 18.1 Å². The van der Waals surface area contributed by atoms with Crippen molar-refractivity contribution in [3.05, 3.63) is 78.4 Å². The number of fused-ring (bicyclic) bond motifs is 2. The van der Waals surface area contributed by atoms with Gasteiger partial charge in [0.1, 0.15) is 11.8 Å². The van der Waals surface area contributed by atoms with Gasteiger partial charge in [-0.25, -0.2) is 22.7 Å². The Labute approximate surface area is 249 Å². The first-order valence-electron chi connectivity index (χ1n) is 14.4. The van der Waals surface area contributed by atoms with Crippen molar-refractivity contribution in [1.82, 2.24) is 29.3 Å². The molecule has 43 heavy (non-hydrogen) atoms. The standard InChI is InChI=1S/C30H34N8O4S/c1-2-25-26(35-30(39)42-14-6-11-36-12-15-43(40,41)16-13-36)20-38-28(25)29(31-21-33-38)34-24-9-10-27-23(17-24)18-32-37(27)19-22-7-4-3-5-8-22/h3-5,7-10,17-18,20-21H,2,6,11-16,19H2,1H3,(H,35,39)(H,31,33,34). The molecule has 0 saturated carbocycles. The predicted molar refractivity (Wildman–Crippen MR) is 166 cm³/mol. The number of amides is 1. The van der Waals surface area contributed by atoms with Gasteiger partial charge in [-0.2, -0.15) is 10.2 Å². The Morgan fingerprint density at radius 3 is 2.67 bits per heavy atom. The van der Waals surface area contributed by atoms with E-state index >= 15 is 0 Å². The normalized spacial score (nSPS) is 15.1. The molecule has 12 nitrogen and oxygen atoms in total. The molecule has 1 saturated heterocycles. The third-order valence-corrected chi connectivity index (χ3v) is 9.25. The van der Waals surface area contributed by atoms with Gasteiger partial charge in [0.15, 0.2) is 15.7 Å². The SMILES string of the molecule is CCc1c(NC(=O)OCCCN2CCS(=O)(=O)CC2)cn2ncnc(Nc3ccc4c(cnn4Cc4ccccc4)c3)c12. The fourth-order valence-corrected chi connectivity index (χ4v) is 6.66. The number of hydrogen-bond acceptors (Lipinski definition) is 9. The van der Waals surface area contributed by atoms with Gasteiger partial charge in [0.25, 0.3) is 0 Å². The first-order chi connectivity index (χ1) is 20.9. The van der Waals surface area contributed by atoms with E-state index in [2.05, 4.69) is 42.8 Å². The topological polar surface area (TPSA) is 136 Å². The fraction of sp³-hybridized carbons (Fsp3) is 0.333. The lowest BCUT2D eigenvalue weighted by Crippen LogP contribution is -2.40. The highest BCUT2D eigenvalue weighted by Gasteiger charge is 2.21. The van der Waals surface area contributed by atoms with Crippen molar-refractivity contribution in [3.63, 3.8) is 0 Å². The minimum atomic E-state index is -2.91. The number of rotatable bonds is 10. The molecule has 3 aromatic heterocycles. The summed E-state index contributed by atoms with van der Waals surface area (Å²) < 4.78 is 32.3. The largest absolute Gasteiger partial charge is 0.449 e. The lowest BCUT2D eigenvalue weighted by atomic mass is 10.2. The van der Waals surface area contributed by atoms with Crippen LogP contribution in [0.2, 0.25) is 0 Å². The summed E-state index contributed by atoms with van der Waals surface area (Å²) >= 11 is 0. The van der Waals surface area contributed by atoms with Crippen molar-refractivity contribution in [2.75, 3.05) is 48.4 Å². The van der Waals surface area contributed by atoms with Crippen LogP contribution in [0.4, 0.5) is 22.0 Å². The van der Waals surface area contributed by atoms with Crippen LogP contribution in [0.15, 0.2) is 67.3 Å². The Morgan fingerprint density at radius 1 is 1.07 bits per heavy atom. The quantitative estimate of drug-likeness (QED) is 0.227. The summed E-state index contributed by atoms with van der Waals surface area (Å²) in [6, 6.07) is 16.3. The van der Waals surface area contributed by atoms with E-state index < -0.39 is 15.9 Å². The van der Waals surface area contributed by atoms with Gasteiger partial charge in [0, 0.05) is 36.3 Å². The van der Waals surface area contributed by atoms with Crippen LogP contribution >= 0.6 is 0 Å². The summed E-state index contributed by atoms with van der Waals surface area (Å²) in [5.41, 5.74) is 5.33. The molecule has 224 valence electrons. The monoisotopic (exact) mass is 602 g/mol. The molecule has 13 heteroatoms. The van der Waals surface area contributed by atoms with Gasteiger partial charge in [-0.3, -0.25) is 10.00 Å². The Morgan fingerprint density at radius 2 is 1.88 bits per heavy atom. The molecule has 1 amide bonds. The predicted octanol–water partition coefficient (Wildman–Crippen LogP) is 4.10. The second kappa shape index (κ2) is 12.4. The molecule has 6 rings (SSSR count). The molecule has 0 atom stereocenters. The summed E-state index contributed by atoms with van der Waals surface area (Å²) in [4.78, 5) is 19.2. The van der Waals surface area contributed by atoms with Crippen LogP contribution < -0.4 is 10.6 Å². The average Bonchev–Trinajstić information content (AvgIpc) is 3.57. The van der Waals surface area contributed by atoms with Gasteiger partial charge < -0.3 is 15.0 Å². The number of aryl methyl sites for hydroxylation is 1. The summed E-state index contributed by atoms with van der Waals surface area (Å²) in [7, 11) is -2.91. The highest BCUT2D eigenvalue weighted by molar-refractivity contribution is 7.91. The lowest BCUT2D eigenvalue weighted by Gasteiger charge is -2.26. The van der Waals surface area contributed by atoms with E-state index in [0.29, 0.717) is 50.5 Å². The van der Waals surface area contributed by atoms with Crippen molar-refractivity contribution >= 4 is 49.5 Å². The van der Waals surface area contributed by atoms with Crippen LogP contribution in [0.25, 0.3) is 16.4 Å². The zero-order valence-corrected chi connectivity index (χ0v) is 24.8. The van der Waals surface area contributed by atoms with E-state index in [1.807, 2.05) is 54.2 Å². The van der Waals surface area contributed by atoms with Gasteiger partial charge in [-0.05, 0) is 36.6 Å². The number of benzene rings is 2. The molecule has 1 aliphatic rings. The molecule has 4 heterocycles. The first-order valence-corrected chi connectivity index (χ1v) is 16.2. The smallest absolute Gasteiger partial charge is 0.411 e. The summed E-state index contributed by atoms with van der Waals surface area (Å²) in [6.45, 7) is 4.67. The van der Waals surface area contributed by atoms with Crippen molar-refractivity contribution in [2.45, 2.75) is 26.3 Å². The van der Waals surface area contributed by atoms with Gasteiger partial charge in [0.05, 0.1) is 48.3 Å². The number of sulfone groups is 1. The number of carbonyl (C=O) groups is 1. The third kappa shape index (κ3) is 6.62. The Balaban J connectivity index is 1.11. The van der Waals surface area contributed by atoms with E-state index in [0.717, 1.165) is 27.7 Å². The van der Waals surface area contributed by atoms with Gasteiger partial charge in [0.2, 0.25) is 0 Å². The third-order valence-electron chi connectivity index (χ3n) is 7.64. The van der Waals surface area contributed by atoms with Gasteiger partial charge >= 0.3 is 6.09 Å². The van der Waals surface area contributed by atoms with E-state index in [9.17, 15) is 13.2 Å². The molecule has 0 aliphatic carbocycles. The van der Waals surface area contributed by atoms with Crippen LogP contribution in [-0.2, 0) is 27.5 Å². The van der Waals surface area contributed by atoms with Crippen molar-refractivity contribution in [3.8, 4) is 0 Å². The fourth-order valence-electron chi connectivity index (χ4n) is 5.39. The van der Waals surface area contributed by atoms with E-state index in [1.165, 1.54) is 11.9 Å². The van der Waals surface area contributed by atoms with Crippen molar-refractivity contribution < 1.29 is 17.9 Å². The van der Waals surface area contributed by atoms with Crippen LogP contribution in [0.5, 0.6) is 0 Å². The zero-order chi connectivity index (χ0) is 29.8. The molecule has 0 spiro atoms. The van der Waals surface area contributed by atoms with Crippen LogP contribution in [0, 0.1) is 0 Å². The summed E-state index contributed by atoms with van der Waals surface area (Å²) in [5.74, 6) is 0.988. The maximum Gasteiger partial charge on any atom is 0.411 e. The lowest BCUT2D eigenvalue weighted by molar-refractivity contribution is 0.153. The number of anilines is 3. The average molecular weight is 603 g/mol. The summed E-state index contributed by atoms with van der Waals surface area (Å²) in [5, 5.41) is 16.2. The van der Waals surface area contributed by atoms with Gasteiger partial charge in [-0.1, -0.05) is 37.3 Å². The molecule has 1 fully saturated rings. The Kier molecular flexibility index (Phi) is 8.25. The number of nitrogens with one attached hydrogen (secondary N) is 2. The number of hydrogen-bond donors (Lipinski definition) is 2. The molecule has 0 radical (unpaired) electrons. The van der Waals surface area contributed by atoms with Crippen LogP contribution in [0.3, 0.4) is 0 Å². The van der Waals surface area contributed by atoms with E-state index in [1.54, 1.807) is 10.7 Å². The molecule has 2 N–H and O–H groups in total. The maximum atomic E-state index is 12.6. The second-order valence-corrected chi connectivity index (χ2v) is 12.9. The van der Waals surface area contributed by atoms with Crippen LogP contribution in [-0.4, -0.2) is 81.5 Å². The molecule has 0 bridgehead atoms. The molecular formula is C30H34N8O4S. The van der Waals surface area contributed by atoms with Crippen LogP contribution in [0.1, 0.15) is 24.5 Å². The number of aromatic nitrogens is 5. The maximum absolute atomic E-state index is 12.6. The minimum Gasteiger partial charge on any atom is -0.449 e. The molecule has 1 aliphatic heterocycles. The molecule has 5 aromatic rings. The number of carbonyl (C=O) groups excluding carboxylic acids is 1. The molecular weight excluding hydrogens is 568 g/mol. The van der Waals surface area contributed by atoms with E-state index in [4.69, 9.17) is 4.74 Å².